The van der Waals surface area contributed by atoms with Crippen LogP contribution in [-0.2, 0) is 19.6 Å². The molecule has 1 saturated heterocycles. The molecule has 0 radical (unpaired) electrons. The lowest BCUT2D eigenvalue weighted by Gasteiger charge is -2.23. The van der Waals surface area contributed by atoms with E-state index in [4.69, 9.17) is 9.47 Å². The molecule has 152 valence electrons. The molecule has 1 unspecified atom stereocenters. The van der Waals surface area contributed by atoms with E-state index >= 15 is 0 Å². The molecule has 1 aliphatic heterocycles. The van der Waals surface area contributed by atoms with Crippen LogP contribution in [0, 0.1) is 0 Å². The molecule has 1 amide bonds. The Balaban J connectivity index is 2.23. The molecule has 1 atom stereocenters. The summed E-state index contributed by atoms with van der Waals surface area (Å²) < 4.78 is 37.8. The van der Waals surface area contributed by atoms with Crippen molar-refractivity contribution in [1.82, 2.24) is 9.62 Å². The van der Waals surface area contributed by atoms with Crippen molar-refractivity contribution in [3.05, 3.63) is 18.2 Å². The van der Waals surface area contributed by atoms with E-state index < -0.39 is 10.0 Å². The number of benzene rings is 1. The number of hydrogen-bond acceptors (Lipinski definition) is 6. The van der Waals surface area contributed by atoms with Crippen LogP contribution in [0.25, 0.3) is 0 Å². The Kier molecular flexibility index (Phi) is 8.03. The number of amides is 1. The summed E-state index contributed by atoms with van der Waals surface area (Å²) in [6.45, 7) is 8.38. The van der Waals surface area contributed by atoms with E-state index in [-0.39, 0.29) is 23.3 Å². The summed E-state index contributed by atoms with van der Waals surface area (Å²) in [4.78, 5) is 12.6. The van der Waals surface area contributed by atoms with Gasteiger partial charge < -0.3 is 20.1 Å². The molecule has 1 aliphatic rings. The van der Waals surface area contributed by atoms with Crippen molar-refractivity contribution >= 4 is 21.6 Å². The molecule has 1 aromatic carbocycles. The van der Waals surface area contributed by atoms with E-state index in [0.717, 1.165) is 0 Å². The average molecular weight is 400 g/mol. The quantitative estimate of drug-likeness (QED) is 0.652. The monoisotopic (exact) mass is 399 g/mol. The van der Waals surface area contributed by atoms with Crippen molar-refractivity contribution in [3.63, 3.8) is 0 Å². The number of anilines is 1. The fourth-order valence-corrected chi connectivity index (χ4v) is 4.42. The first kappa shape index (κ1) is 21.6. The Morgan fingerprint density at radius 1 is 1.33 bits per heavy atom. The molecule has 0 aromatic heterocycles. The van der Waals surface area contributed by atoms with E-state index in [0.29, 0.717) is 50.9 Å². The van der Waals surface area contributed by atoms with Gasteiger partial charge in [0.2, 0.25) is 15.9 Å². The van der Waals surface area contributed by atoms with Crippen LogP contribution in [-0.4, -0.2) is 64.1 Å². The van der Waals surface area contributed by atoms with Gasteiger partial charge in [-0.05, 0) is 25.1 Å². The zero-order chi connectivity index (χ0) is 19.9. The summed E-state index contributed by atoms with van der Waals surface area (Å²) in [5.74, 6) is 0.216. The standard InChI is InChI=1S/C18H29N3O5S/c1-4-21(5-2)27(23,24)15-7-8-17(26-6-3)16(12-15)20-18(22)11-14-13-25-10-9-19-14/h7-8,12,14,19H,4-6,9-11,13H2,1-3H3,(H,20,22). The Morgan fingerprint density at radius 2 is 2.07 bits per heavy atom. The number of morpholine rings is 1. The first-order valence-electron chi connectivity index (χ1n) is 9.30. The summed E-state index contributed by atoms with van der Waals surface area (Å²) in [6, 6.07) is 4.49. The lowest BCUT2D eigenvalue weighted by molar-refractivity contribution is -0.117. The molecule has 1 aromatic rings. The average Bonchev–Trinajstić information content (AvgIpc) is 2.64. The molecule has 0 aliphatic carbocycles. The molecule has 0 saturated carbocycles. The molecule has 8 nitrogen and oxygen atoms in total. The number of carbonyl (C=O) groups excluding carboxylic acids is 1. The van der Waals surface area contributed by atoms with E-state index in [1.54, 1.807) is 19.9 Å². The Labute approximate surface area is 161 Å². The van der Waals surface area contributed by atoms with Crippen LogP contribution >= 0.6 is 0 Å². The summed E-state index contributed by atoms with van der Waals surface area (Å²) in [5.41, 5.74) is 0.354. The van der Waals surface area contributed by atoms with Crippen molar-refractivity contribution in [2.24, 2.45) is 0 Å². The highest BCUT2D eigenvalue weighted by atomic mass is 32.2. The molecule has 2 rings (SSSR count). The first-order valence-corrected chi connectivity index (χ1v) is 10.7. The molecule has 0 spiro atoms. The molecule has 1 heterocycles. The van der Waals surface area contributed by atoms with Crippen LogP contribution < -0.4 is 15.4 Å². The van der Waals surface area contributed by atoms with Gasteiger partial charge in [-0.2, -0.15) is 4.31 Å². The van der Waals surface area contributed by atoms with Crippen LogP contribution in [0.15, 0.2) is 23.1 Å². The van der Waals surface area contributed by atoms with E-state index in [1.807, 2.05) is 6.92 Å². The minimum absolute atomic E-state index is 0.0584. The summed E-state index contributed by atoms with van der Waals surface area (Å²) in [5, 5.41) is 6.01. The van der Waals surface area contributed by atoms with E-state index in [9.17, 15) is 13.2 Å². The molecule has 1 fully saturated rings. The van der Waals surface area contributed by atoms with Gasteiger partial charge in [-0.15, -0.1) is 0 Å². The highest BCUT2D eigenvalue weighted by Gasteiger charge is 2.24. The van der Waals surface area contributed by atoms with Gasteiger partial charge in [-0.1, -0.05) is 13.8 Å². The maximum atomic E-state index is 12.8. The summed E-state index contributed by atoms with van der Waals surface area (Å²) in [7, 11) is -3.62. The van der Waals surface area contributed by atoms with Crippen LogP contribution in [0.3, 0.4) is 0 Å². The van der Waals surface area contributed by atoms with Crippen LogP contribution in [0.4, 0.5) is 5.69 Å². The van der Waals surface area contributed by atoms with Crippen molar-refractivity contribution in [3.8, 4) is 5.75 Å². The maximum Gasteiger partial charge on any atom is 0.243 e. The lowest BCUT2D eigenvalue weighted by Crippen LogP contribution is -2.43. The molecular weight excluding hydrogens is 370 g/mol. The number of rotatable bonds is 9. The lowest BCUT2D eigenvalue weighted by atomic mass is 10.2. The number of hydrogen-bond donors (Lipinski definition) is 2. The van der Waals surface area contributed by atoms with Gasteiger partial charge in [0.15, 0.2) is 0 Å². The third-order valence-corrected chi connectivity index (χ3v) is 6.34. The van der Waals surface area contributed by atoms with Gasteiger partial charge in [0.05, 0.1) is 30.4 Å². The molecular formula is C18H29N3O5S. The predicted octanol–water partition coefficient (Wildman–Crippen LogP) is 1.43. The second-order valence-electron chi connectivity index (χ2n) is 6.16. The van der Waals surface area contributed by atoms with Gasteiger partial charge in [-0.3, -0.25) is 4.79 Å². The zero-order valence-corrected chi connectivity index (χ0v) is 17.0. The molecule has 0 bridgehead atoms. The topological polar surface area (TPSA) is 97.0 Å². The number of nitrogens with zero attached hydrogens (tertiary/aromatic N) is 1. The van der Waals surface area contributed by atoms with Gasteiger partial charge in [0.25, 0.3) is 0 Å². The third kappa shape index (κ3) is 5.65. The third-order valence-electron chi connectivity index (χ3n) is 4.30. The molecule has 9 heteroatoms. The number of carbonyl (C=O) groups is 1. The van der Waals surface area contributed by atoms with Crippen LogP contribution in [0.1, 0.15) is 27.2 Å². The first-order chi connectivity index (χ1) is 12.9. The predicted molar refractivity (Wildman–Crippen MR) is 104 cm³/mol. The number of nitrogens with one attached hydrogen (secondary N) is 2. The van der Waals surface area contributed by atoms with Crippen LogP contribution in [0.5, 0.6) is 5.75 Å². The largest absolute Gasteiger partial charge is 0.492 e. The number of ether oxygens (including phenoxy) is 2. The fraction of sp³-hybridized carbons (Fsp3) is 0.611. The second kappa shape index (κ2) is 10.0. The zero-order valence-electron chi connectivity index (χ0n) is 16.2. The van der Waals surface area contributed by atoms with E-state index in [1.165, 1.54) is 16.4 Å². The smallest absolute Gasteiger partial charge is 0.243 e. The normalized spacial score (nSPS) is 17.7. The van der Waals surface area contributed by atoms with Crippen molar-refractivity contribution in [1.29, 1.82) is 0 Å². The maximum absolute atomic E-state index is 12.8. The van der Waals surface area contributed by atoms with E-state index in [2.05, 4.69) is 10.6 Å². The molecule has 27 heavy (non-hydrogen) atoms. The summed E-state index contributed by atoms with van der Waals surface area (Å²) in [6.07, 6.45) is 0.235. The van der Waals surface area contributed by atoms with Crippen molar-refractivity contribution in [2.75, 3.05) is 44.8 Å². The van der Waals surface area contributed by atoms with Gasteiger partial charge >= 0.3 is 0 Å². The highest BCUT2D eigenvalue weighted by molar-refractivity contribution is 7.89. The van der Waals surface area contributed by atoms with Gasteiger partial charge in [0, 0.05) is 32.1 Å². The molecule has 2 N–H and O–H groups in total. The number of sulfonamides is 1. The highest BCUT2D eigenvalue weighted by Crippen LogP contribution is 2.29. The van der Waals surface area contributed by atoms with Crippen molar-refractivity contribution in [2.45, 2.75) is 38.1 Å². The van der Waals surface area contributed by atoms with Gasteiger partial charge in [-0.25, -0.2) is 8.42 Å². The Bertz CT molecular complexity index is 729. The van der Waals surface area contributed by atoms with Crippen molar-refractivity contribution < 1.29 is 22.7 Å². The minimum atomic E-state index is -3.62. The minimum Gasteiger partial charge on any atom is -0.492 e. The Hall–Kier alpha value is -1.68. The van der Waals surface area contributed by atoms with Gasteiger partial charge in [0.1, 0.15) is 5.75 Å². The Morgan fingerprint density at radius 3 is 2.67 bits per heavy atom. The van der Waals surface area contributed by atoms with Crippen LogP contribution in [0.2, 0.25) is 0 Å². The SMILES string of the molecule is CCOc1ccc(S(=O)(=O)N(CC)CC)cc1NC(=O)CC1COCCN1. The second-order valence-corrected chi connectivity index (χ2v) is 8.10. The fourth-order valence-electron chi connectivity index (χ4n) is 2.94. The summed E-state index contributed by atoms with van der Waals surface area (Å²) >= 11 is 0.